The van der Waals surface area contributed by atoms with Crippen LogP contribution in [-0.2, 0) is 14.3 Å². The minimum absolute atomic E-state index is 0.0653. The summed E-state index contributed by atoms with van der Waals surface area (Å²) in [6.45, 7) is 3.77. The number of hydrogen-bond donors (Lipinski definition) is 0. The van der Waals surface area contributed by atoms with E-state index in [2.05, 4.69) is 0 Å². The van der Waals surface area contributed by atoms with Crippen molar-refractivity contribution < 1.29 is 14.3 Å². The molecule has 1 heterocycles. The zero-order valence-electron chi connectivity index (χ0n) is 7.29. The predicted molar refractivity (Wildman–Crippen MR) is 41.4 cm³/mol. The first-order valence-corrected chi connectivity index (χ1v) is 4.28. The van der Waals surface area contributed by atoms with Crippen LogP contribution in [0, 0.1) is 11.8 Å². The average Bonchev–Trinajstić information content (AvgIpc) is 2.38. The lowest BCUT2D eigenvalue weighted by molar-refractivity contribution is -0.150. The summed E-state index contributed by atoms with van der Waals surface area (Å²) in [5.41, 5.74) is -0.423. The van der Waals surface area contributed by atoms with Crippen LogP contribution in [0.15, 0.2) is 0 Å². The first kappa shape index (κ1) is 7.77. The highest BCUT2D eigenvalue weighted by Gasteiger charge is 2.55. The van der Waals surface area contributed by atoms with Gasteiger partial charge in [0.05, 0.1) is 0 Å². The fraction of sp³-hybridized carbons (Fsp3) is 0.778. The number of carbonyl (C=O) groups is 2. The molecule has 2 fully saturated rings. The number of cyclic esters (lactones) is 1. The third-order valence-electron chi connectivity index (χ3n) is 2.96. The summed E-state index contributed by atoms with van der Waals surface area (Å²) in [6, 6.07) is 0. The Morgan fingerprint density at radius 2 is 2.08 bits per heavy atom. The Labute approximate surface area is 71.1 Å². The van der Waals surface area contributed by atoms with E-state index >= 15 is 0 Å². The van der Waals surface area contributed by atoms with Gasteiger partial charge in [-0.3, -0.25) is 9.59 Å². The molecule has 12 heavy (non-hydrogen) atoms. The van der Waals surface area contributed by atoms with Gasteiger partial charge in [-0.1, -0.05) is 0 Å². The van der Waals surface area contributed by atoms with Gasteiger partial charge in [0.1, 0.15) is 17.3 Å². The minimum Gasteiger partial charge on any atom is -0.459 e. The fourth-order valence-corrected chi connectivity index (χ4v) is 2.29. The molecule has 1 saturated carbocycles. The molecule has 1 aliphatic heterocycles. The van der Waals surface area contributed by atoms with E-state index in [1.54, 1.807) is 0 Å². The van der Waals surface area contributed by atoms with Crippen molar-refractivity contribution in [2.24, 2.45) is 11.8 Å². The minimum atomic E-state index is -0.444. The van der Waals surface area contributed by atoms with Crippen LogP contribution < -0.4 is 0 Å². The maximum Gasteiger partial charge on any atom is 0.317 e. The van der Waals surface area contributed by atoms with Crippen LogP contribution in [0.4, 0.5) is 0 Å². The molecule has 0 aromatic carbocycles. The Bertz CT molecular complexity index is 254. The Kier molecular flexibility index (Phi) is 1.35. The van der Waals surface area contributed by atoms with Gasteiger partial charge in [-0.15, -0.1) is 0 Å². The molecule has 0 radical (unpaired) electrons. The molecule has 2 atom stereocenters. The second kappa shape index (κ2) is 2.09. The summed E-state index contributed by atoms with van der Waals surface area (Å²) in [4.78, 5) is 22.5. The first-order valence-electron chi connectivity index (χ1n) is 4.28. The Morgan fingerprint density at radius 3 is 2.67 bits per heavy atom. The number of esters is 1. The van der Waals surface area contributed by atoms with Crippen LogP contribution in [0.2, 0.25) is 0 Å². The molecule has 0 N–H and O–H groups in total. The van der Waals surface area contributed by atoms with E-state index in [4.69, 9.17) is 4.74 Å². The number of fused-ring (bicyclic) bond motifs is 1. The highest BCUT2D eigenvalue weighted by atomic mass is 16.6. The van der Waals surface area contributed by atoms with E-state index in [-0.39, 0.29) is 17.7 Å². The fourth-order valence-electron chi connectivity index (χ4n) is 2.29. The van der Waals surface area contributed by atoms with Crippen LogP contribution in [0.25, 0.3) is 0 Å². The molecule has 0 aromatic rings. The number of hydrogen-bond acceptors (Lipinski definition) is 3. The predicted octanol–water partition coefficient (Wildman–Crippen LogP) is 0.917. The summed E-state index contributed by atoms with van der Waals surface area (Å²) in [6.07, 6.45) is 1.36. The molecular weight excluding hydrogens is 156 g/mol. The van der Waals surface area contributed by atoms with Crippen LogP contribution >= 0.6 is 0 Å². The van der Waals surface area contributed by atoms with E-state index in [9.17, 15) is 9.59 Å². The van der Waals surface area contributed by atoms with Crippen molar-refractivity contribution in [3.8, 4) is 0 Å². The van der Waals surface area contributed by atoms with E-state index in [1.165, 1.54) is 0 Å². The quantitative estimate of drug-likeness (QED) is 0.399. The molecule has 0 aromatic heterocycles. The Hall–Kier alpha value is -0.860. The maximum absolute atomic E-state index is 11.3. The highest BCUT2D eigenvalue weighted by Crippen LogP contribution is 2.45. The number of ketones is 1. The van der Waals surface area contributed by atoms with Crippen molar-refractivity contribution in [2.45, 2.75) is 32.3 Å². The third kappa shape index (κ3) is 0.822. The topological polar surface area (TPSA) is 43.4 Å². The van der Waals surface area contributed by atoms with Crippen LogP contribution in [0.1, 0.15) is 26.7 Å². The van der Waals surface area contributed by atoms with Crippen molar-refractivity contribution in [2.75, 3.05) is 0 Å². The van der Waals surface area contributed by atoms with E-state index < -0.39 is 11.5 Å². The molecule has 2 rings (SSSR count). The monoisotopic (exact) mass is 168 g/mol. The standard InChI is InChI=1S/C9H12O3/c1-9(2)5-3-4-6(10)7(5)8(11)12-9/h5,7H,3-4H2,1-2H3/t5-,7-/m0/s1. The van der Waals surface area contributed by atoms with Crippen LogP contribution in [-0.4, -0.2) is 17.4 Å². The summed E-state index contributed by atoms with van der Waals surface area (Å²) >= 11 is 0. The molecule has 0 bridgehead atoms. The second-order valence-corrected chi connectivity index (χ2v) is 4.11. The van der Waals surface area contributed by atoms with Crippen molar-refractivity contribution in [3.63, 3.8) is 0 Å². The number of Topliss-reactive ketones (excluding diaryl/α,β-unsaturated/α-hetero) is 1. The largest absolute Gasteiger partial charge is 0.459 e. The molecule has 66 valence electrons. The van der Waals surface area contributed by atoms with Gasteiger partial charge in [-0.2, -0.15) is 0 Å². The lowest BCUT2D eigenvalue weighted by Gasteiger charge is -2.22. The maximum atomic E-state index is 11.3. The lowest BCUT2D eigenvalue weighted by atomic mass is 9.86. The van der Waals surface area contributed by atoms with Crippen molar-refractivity contribution in [1.29, 1.82) is 0 Å². The molecule has 0 spiro atoms. The summed E-state index contributed by atoms with van der Waals surface area (Å²) in [5.74, 6) is -0.569. The van der Waals surface area contributed by atoms with E-state index in [0.29, 0.717) is 6.42 Å². The van der Waals surface area contributed by atoms with Gasteiger partial charge < -0.3 is 4.74 Å². The van der Waals surface area contributed by atoms with Gasteiger partial charge in [0, 0.05) is 12.3 Å². The number of rotatable bonds is 0. The van der Waals surface area contributed by atoms with Crippen molar-refractivity contribution in [3.05, 3.63) is 0 Å². The smallest absolute Gasteiger partial charge is 0.317 e. The average molecular weight is 168 g/mol. The molecule has 3 nitrogen and oxygen atoms in total. The first-order chi connectivity index (χ1) is 5.52. The zero-order chi connectivity index (χ0) is 8.93. The normalized spacial score (nSPS) is 38.2. The van der Waals surface area contributed by atoms with Gasteiger partial charge >= 0.3 is 5.97 Å². The van der Waals surface area contributed by atoms with Gasteiger partial charge in [0.15, 0.2) is 0 Å². The number of carbonyl (C=O) groups excluding carboxylic acids is 2. The van der Waals surface area contributed by atoms with Crippen LogP contribution in [0.3, 0.4) is 0 Å². The molecule has 3 heteroatoms. The SMILES string of the molecule is CC1(C)OC(=O)[C@@H]2C(=O)CC[C@@H]21. The van der Waals surface area contributed by atoms with Crippen molar-refractivity contribution >= 4 is 11.8 Å². The van der Waals surface area contributed by atoms with Crippen molar-refractivity contribution in [1.82, 2.24) is 0 Å². The van der Waals surface area contributed by atoms with E-state index in [0.717, 1.165) is 6.42 Å². The zero-order valence-corrected chi connectivity index (χ0v) is 7.29. The van der Waals surface area contributed by atoms with E-state index in [1.807, 2.05) is 13.8 Å². The molecule has 1 aliphatic carbocycles. The van der Waals surface area contributed by atoms with Gasteiger partial charge in [-0.25, -0.2) is 0 Å². The lowest BCUT2D eigenvalue weighted by Crippen LogP contribution is -2.27. The van der Waals surface area contributed by atoms with Crippen LogP contribution in [0.5, 0.6) is 0 Å². The summed E-state index contributed by atoms with van der Waals surface area (Å²) in [7, 11) is 0. The Morgan fingerprint density at radius 1 is 1.42 bits per heavy atom. The number of ether oxygens (including phenoxy) is 1. The highest BCUT2D eigenvalue weighted by molar-refractivity contribution is 6.02. The second-order valence-electron chi connectivity index (χ2n) is 4.11. The molecular formula is C9H12O3. The molecule has 0 unspecified atom stereocenters. The molecule has 2 aliphatic rings. The molecule has 1 saturated heterocycles. The van der Waals surface area contributed by atoms with Gasteiger partial charge in [-0.05, 0) is 20.3 Å². The third-order valence-corrected chi connectivity index (χ3v) is 2.96. The summed E-state index contributed by atoms with van der Waals surface area (Å²) < 4.78 is 5.13. The molecule has 0 amide bonds. The summed E-state index contributed by atoms with van der Waals surface area (Å²) in [5, 5.41) is 0. The Balaban J connectivity index is 2.35. The van der Waals surface area contributed by atoms with Gasteiger partial charge in [0.2, 0.25) is 0 Å². The van der Waals surface area contributed by atoms with Gasteiger partial charge in [0.25, 0.3) is 0 Å².